The number of rotatable bonds is 5. The summed E-state index contributed by atoms with van der Waals surface area (Å²) in [5.41, 5.74) is 0.869. The summed E-state index contributed by atoms with van der Waals surface area (Å²) in [7, 11) is 1.77. The molecule has 4 nitrogen and oxygen atoms in total. The molecule has 0 fully saturated rings. The van der Waals surface area contributed by atoms with E-state index in [4.69, 9.17) is 0 Å². The highest BCUT2D eigenvalue weighted by molar-refractivity contribution is 5.94. The first kappa shape index (κ1) is 11.7. The van der Waals surface area contributed by atoms with Crippen LogP contribution in [0.25, 0.3) is 0 Å². The second-order valence-electron chi connectivity index (χ2n) is 3.33. The van der Waals surface area contributed by atoms with Crippen LogP contribution < -0.4 is 10.2 Å². The zero-order valence-corrected chi connectivity index (χ0v) is 9.23. The van der Waals surface area contributed by atoms with Crippen LogP contribution >= 0.6 is 0 Å². The van der Waals surface area contributed by atoms with E-state index in [9.17, 15) is 4.79 Å². The summed E-state index contributed by atoms with van der Waals surface area (Å²) >= 11 is 0. The van der Waals surface area contributed by atoms with Crippen molar-refractivity contribution in [2.45, 2.75) is 13.3 Å². The van der Waals surface area contributed by atoms with Crippen LogP contribution in [0.5, 0.6) is 0 Å². The fourth-order valence-corrected chi connectivity index (χ4v) is 1.20. The molecule has 0 saturated carbocycles. The first-order chi connectivity index (χ1) is 7.25. The maximum absolute atomic E-state index is 11.7. The Balaban J connectivity index is 2.46. The van der Waals surface area contributed by atoms with Crippen molar-refractivity contribution in [3.05, 3.63) is 24.5 Å². The zero-order chi connectivity index (χ0) is 11.1. The van der Waals surface area contributed by atoms with Gasteiger partial charge in [-0.3, -0.25) is 9.78 Å². The number of nitrogens with zero attached hydrogens (tertiary/aromatic N) is 2. The highest BCUT2D eigenvalue weighted by atomic mass is 16.2. The Morgan fingerprint density at radius 2 is 2.13 bits per heavy atom. The number of anilines is 1. The van der Waals surface area contributed by atoms with Gasteiger partial charge in [0.2, 0.25) is 5.91 Å². The monoisotopic (exact) mass is 207 g/mol. The van der Waals surface area contributed by atoms with Gasteiger partial charge in [-0.1, -0.05) is 6.92 Å². The Labute approximate surface area is 90.3 Å². The molecular weight excluding hydrogens is 190 g/mol. The number of hydrogen-bond acceptors (Lipinski definition) is 3. The quantitative estimate of drug-likeness (QED) is 0.734. The van der Waals surface area contributed by atoms with Crippen LogP contribution in [0.4, 0.5) is 5.69 Å². The average Bonchev–Trinajstić information content (AvgIpc) is 2.29. The van der Waals surface area contributed by atoms with Gasteiger partial charge in [-0.2, -0.15) is 0 Å². The lowest BCUT2D eigenvalue weighted by Crippen LogP contribution is -2.35. The molecule has 0 aliphatic carbocycles. The van der Waals surface area contributed by atoms with Crippen LogP contribution in [0.2, 0.25) is 0 Å². The van der Waals surface area contributed by atoms with Crippen molar-refractivity contribution in [2.75, 3.05) is 25.0 Å². The molecule has 15 heavy (non-hydrogen) atoms. The fourth-order valence-electron chi connectivity index (χ4n) is 1.20. The van der Waals surface area contributed by atoms with Gasteiger partial charge in [-0.25, -0.2) is 0 Å². The lowest BCUT2D eigenvalue weighted by Gasteiger charge is -2.17. The Hall–Kier alpha value is -1.42. The largest absolute Gasteiger partial charge is 0.314 e. The van der Waals surface area contributed by atoms with Gasteiger partial charge in [0, 0.05) is 25.1 Å². The minimum Gasteiger partial charge on any atom is -0.314 e. The summed E-state index contributed by atoms with van der Waals surface area (Å²) in [5, 5.41) is 3.08. The van der Waals surface area contributed by atoms with Crippen molar-refractivity contribution in [1.29, 1.82) is 0 Å². The predicted molar refractivity (Wildman–Crippen MR) is 60.8 cm³/mol. The van der Waals surface area contributed by atoms with Crippen LogP contribution in [0, 0.1) is 0 Å². The van der Waals surface area contributed by atoms with Gasteiger partial charge in [0.05, 0.1) is 6.54 Å². The molecule has 0 aliphatic rings. The molecule has 1 aromatic rings. The fraction of sp³-hybridized carbons (Fsp3) is 0.455. The third-order valence-electron chi connectivity index (χ3n) is 2.13. The van der Waals surface area contributed by atoms with Crippen molar-refractivity contribution >= 4 is 11.6 Å². The normalized spacial score (nSPS) is 10.0. The number of hydrogen-bond donors (Lipinski definition) is 1. The molecule has 82 valence electrons. The molecular formula is C11H17N3O. The van der Waals surface area contributed by atoms with Gasteiger partial charge in [0.25, 0.3) is 0 Å². The van der Waals surface area contributed by atoms with Crippen LogP contribution in [-0.4, -0.2) is 31.0 Å². The SMILES string of the molecule is CCCNCC(=O)N(C)c1ccncc1. The van der Waals surface area contributed by atoms with E-state index in [0.29, 0.717) is 6.54 Å². The molecule has 1 N–H and O–H groups in total. The summed E-state index contributed by atoms with van der Waals surface area (Å²) in [4.78, 5) is 17.2. The maximum Gasteiger partial charge on any atom is 0.240 e. The average molecular weight is 207 g/mol. The van der Waals surface area contributed by atoms with Crippen molar-refractivity contribution in [2.24, 2.45) is 0 Å². The van der Waals surface area contributed by atoms with E-state index in [-0.39, 0.29) is 5.91 Å². The highest BCUT2D eigenvalue weighted by Gasteiger charge is 2.08. The number of amides is 1. The summed E-state index contributed by atoms with van der Waals surface area (Å²) in [6.45, 7) is 3.33. The smallest absolute Gasteiger partial charge is 0.240 e. The molecule has 1 rings (SSSR count). The Morgan fingerprint density at radius 1 is 1.47 bits per heavy atom. The molecule has 1 aromatic heterocycles. The Kier molecular flexibility index (Phi) is 4.77. The van der Waals surface area contributed by atoms with Crippen LogP contribution in [0.1, 0.15) is 13.3 Å². The van der Waals surface area contributed by atoms with Gasteiger partial charge in [-0.15, -0.1) is 0 Å². The van der Waals surface area contributed by atoms with E-state index in [2.05, 4.69) is 17.2 Å². The predicted octanol–water partition coefficient (Wildman–Crippen LogP) is 1.04. The van der Waals surface area contributed by atoms with Gasteiger partial charge in [0.1, 0.15) is 0 Å². The number of aromatic nitrogens is 1. The number of likely N-dealkylation sites (N-methyl/N-ethyl adjacent to an activating group) is 1. The van der Waals surface area contributed by atoms with Crippen LogP contribution in [0.15, 0.2) is 24.5 Å². The summed E-state index contributed by atoms with van der Waals surface area (Å²) in [6.07, 6.45) is 4.39. The van der Waals surface area contributed by atoms with Crippen LogP contribution in [0.3, 0.4) is 0 Å². The van der Waals surface area contributed by atoms with Crippen molar-refractivity contribution < 1.29 is 4.79 Å². The number of nitrogens with one attached hydrogen (secondary N) is 1. The minimum absolute atomic E-state index is 0.0645. The standard InChI is InChI=1S/C11H17N3O/c1-3-6-13-9-11(15)14(2)10-4-7-12-8-5-10/h4-5,7-8,13H,3,6,9H2,1-2H3. The van der Waals surface area contributed by atoms with Gasteiger partial charge in [0.15, 0.2) is 0 Å². The molecule has 0 spiro atoms. The molecule has 1 heterocycles. The molecule has 0 aromatic carbocycles. The summed E-state index contributed by atoms with van der Waals surface area (Å²) < 4.78 is 0. The molecule has 1 amide bonds. The lowest BCUT2D eigenvalue weighted by molar-refractivity contribution is -0.117. The zero-order valence-electron chi connectivity index (χ0n) is 9.23. The molecule has 0 unspecified atom stereocenters. The maximum atomic E-state index is 11.7. The molecule has 0 radical (unpaired) electrons. The second kappa shape index (κ2) is 6.14. The van der Waals surface area contributed by atoms with E-state index in [0.717, 1.165) is 18.7 Å². The van der Waals surface area contributed by atoms with Crippen molar-refractivity contribution in [1.82, 2.24) is 10.3 Å². The number of carbonyl (C=O) groups is 1. The van der Waals surface area contributed by atoms with Gasteiger partial charge < -0.3 is 10.2 Å². The van der Waals surface area contributed by atoms with E-state index >= 15 is 0 Å². The molecule has 0 saturated heterocycles. The summed E-state index contributed by atoms with van der Waals surface area (Å²) in [5.74, 6) is 0.0645. The van der Waals surface area contributed by atoms with E-state index in [1.165, 1.54) is 0 Å². The van der Waals surface area contributed by atoms with E-state index in [1.54, 1.807) is 24.3 Å². The Bertz CT molecular complexity index is 300. The first-order valence-electron chi connectivity index (χ1n) is 5.13. The Morgan fingerprint density at radius 3 is 2.73 bits per heavy atom. The molecule has 0 aliphatic heterocycles. The van der Waals surface area contributed by atoms with Crippen molar-refractivity contribution in [3.63, 3.8) is 0 Å². The minimum atomic E-state index is 0.0645. The third-order valence-corrected chi connectivity index (χ3v) is 2.13. The highest BCUT2D eigenvalue weighted by Crippen LogP contribution is 2.09. The van der Waals surface area contributed by atoms with Crippen LogP contribution in [-0.2, 0) is 4.79 Å². The third kappa shape index (κ3) is 3.67. The van der Waals surface area contributed by atoms with Gasteiger partial charge >= 0.3 is 0 Å². The van der Waals surface area contributed by atoms with E-state index < -0.39 is 0 Å². The van der Waals surface area contributed by atoms with Crippen molar-refractivity contribution in [3.8, 4) is 0 Å². The first-order valence-corrected chi connectivity index (χ1v) is 5.13. The van der Waals surface area contributed by atoms with Gasteiger partial charge in [-0.05, 0) is 25.1 Å². The second-order valence-corrected chi connectivity index (χ2v) is 3.33. The lowest BCUT2D eigenvalue weighted by atomic mass is 10.3. The number of pyridine rings is 1. The topological polar surface area (TPSA) is 45.2 Å². The summed E-state index contributed by atoms with van der Waals surface area (Å²) in [6, 6.07) is 3.63. The molecule has 0 atom stereocenters. The van der Waals surface area contributed by atoms with E-state index in [1.807, 2.05) is 12.1 Å². The number of carbonyl (C=O) groups excluding carboxylic acids is 1. The molecule has 0 bridgehead atoms. The molecule has 4 heteroatoms.